The summed E-state index contributed by atoms with van der Waals surface area (Å²) in [6.07, 6.45) is 0. The van der Waals surface area contributed by atoms with Crippen LogP contribution in [0.1, 0.15) is 0 Å². The summed E-state index contributed by atoms with van der Waals surface area (Å²) in [7, 11) is -3.61. The molecule has 106 valence electrons. The minimum Gasteiger partial charge on any atom is -0.398 e. The van der Waals surface area contributed by atoms with Gasteiger partial charge in [-0.15, -0.1) is 0 Å². The Morgan fingerprint density at radius 3 is 2.38 bits per heavy atom. The van der Waals surface area contributed by atoms with E-state index in [1.54, 1.807) is 54.6 Å². The van der Waals surface area contributed by atoms with Gasteiger partial charge in [0.1, 0.15) is 0 Å². The number of nitrogens with one attached hydrogen (secondary N) is 1. The Kier molecular flexibility index (Phi) is 3.27. The van der Waals surface area contributed by atoms with E-state index < -0.39 is 10.0 Å². The Bertz CT molecular complexity index is 891. The van der Waals surface area contributed by atoms with E-state index in [4.69, 9.17) is 5.73 Å². The van der Waals surface area contributed by atoms with Crippen molar-refractivity contribution >= 4 is 32.2 Å². The van der Waals surface area contributed by atoms with E-state index in [1.165, 1.54) is 0 Å². The Balaban J connectivity index is 2.03. The van der Waals surface area contributed by atoms with Gasteiger partial charge in [-0.25, -0.2) is 8.42 Å². The monoisotopic (exact) mass is 298 g/mol. The summed E-state index contributed by atoms with van der Waals surface area (Å²) in [5.74, 6) is 0. The molecule has 3 rings (SSSR count). The molecule has 0 unspecified atom stereocenters. The molecule has 3 N–H and O–H groups in total. The summed E-state index contributed by atoms with van der Waals surface area (Å²) in [4.78, 5) is 0.212. The molecule has 0 aliphatic rings. The van der Waals surface area contributed by atoms with Crippen molar-refractivity contribution in [1.82, 2.24) is 0 Å². The molecule has 0 saturated carbocycles. The highest BCUT2D eigenvalue weighted by Crippen LogP contribution is 2.25. The van der Waals surface area contributed by atoms with Crippen molar-refractivity contribution in [3.05, 3.63) is 66.7 Å². The molecule has 3 aromatic carbocycles. The molecule has 0 heterocycles. The number of nitrogens with two attached hydrogens (primary N) is 1. The zero-order valence-electron chi connectivity index (χ0n) is 11.2. The SMILES string of the molecule is Nc1cccc2cc(S(=O)(=O)Nc3ccccc3)ccc12. The van der Waals surface area contributed by atoms with Crippen molar-refractivity contribution in [3.63, 3.8) is 0 Å². The van der Waals surface area contributed by atoms with E-state index in [-0.39, 0.29) is 4.90 Å². The fourth-order valence-corrected chi connectivity index (χ4v) is 3.27. The van der Waals surface area contributed by atoms with Crippen LogP contribution in [0, 0.1) is 0 Å². The smallest absolute Gasteiger partial charge is 0.261 e. The molecular weight excluding hydrogens is 284 g/mol. The summed E-state index contributed by atoms with van der Waals surface area (Å²) in [5, 5.41) is 1.64. The Hall–Kier alpha value is -2.53. The second-order valence-electron chi connectivity index (χ2n) is 4.70. The lowest BCUT2D eigenvalue weighted by atomic mass is 10.1. The first-order chi connectivity index (χ1) is 10.1. The van der Waals surface area contributed by atoms with Crippen LogP contribution in [0.4, 0.5) is 11.4 Å². The van der Waals surface area contributed by atoms with E-state index in [1.807, 2.05) is 12.1 Å². The van der Waals surface area contributed by atoms with Gasteiger partial charge >= 0.3 is 0 Å². The molecule has 0 atom stereocenters. The molecule has 0 fully saturated rings. The molecule has 5 heteroatoms. The summed E-state index contributed by atoms with van der Waals surface area (Å²) in [5.41, 5.74) is 7.04. The molecule has 4 nitrogen and oxygen atoms in total. The molecule has 0 aromatic heterocycles. The lowest BCUT2D eigenvalue weighted by Crippen LogP contribution is -2.12. The predicted octanol–water partition coefficient (Wildman–Crippen LogP) is 3.22. The maximum Gasteiger partial charge on any atom is 0.261 e. The second kappa shape index (κ2) is 5.10. The van der Waals surface area contributed by atoms with Gasteiger partial charge in [0.15, 0.2) is 0 Å². The fourth-order valence-electron chi connectivity index (χ4n) is 2.17. The first kappa shape index (κ1) is 13.5. The number of hydrogen-bond acceptors (Lipinski definition) is 3. The predicted molar refractivity (Wildman–Crippen MR) is 85.6 cm³/mol. The lowest BCUT2D eigenvalue weighted by Gasteiger charge is -2.09. The third kappa shape index (κ3) is 2.68. The van der Waals surface area contributed by atoms with Gasteiger partial charge in [0.05, 0.1) is 4.90 Å². The standard InChI is InChI=1S/C16H14N2O2S/c17-16-8-4-5-12-11-14(9-10-15(12)16)21(19,20)18-13-6-2-1-3-7-13/h1-11,18H,17H2. The number of benzene rings is 3. The van der Waals surface area contributed by atoms with Gasteiger partial charge in [-0.3, -0.25) is 4.72 Å². The van der Waals surface area contributed by atoms with Crippen molar-refractivity contribution in [1.29, 1.82) is 0 Å². The first-order valence-corrected chi connectivity index (χ1v) is 7.91. The summed E-state index contributed by atoms with van der Waals surface area (Å²) >= 11 is 0. The maximum absolute atomic E-state index is 12.4. The van der Waals surface area contributed by atoms with Crippen molar-refractivity contribution in [3.8, 4) is 0 Å². The van der Waals surface area contributed by atoms with Crippen LogP contribution in [-0.2, 0) is 10.0 Å². The largest absolute Gasteiger partial charge is 0.398 e. The Morgan fingerprint density at radius 1 is 0.857 bits per heavy atom. The molecule has 3 aromatic rings. The van der Waals surface area contributed by atoms with E-state index in [9.17, 15) is 8.42 Å². The van der Waals surface area contributed by atoms with Crippen LogP contribution in [-0.4, -0.2) is 8.42 Å². The van der Waals surface area contributed by atoms with Crippen molar-refractivity contribution in [2.24, 2.45) is 0 Å². The number of fused-ring (bicyclic) bond motifs is 1. The van der Waals surface area contributed by atoms with Crippen molar-refractivity contribution in [2.75, 3.05) is 10.5 Å². The zero-order valence-corrected chi connectivity index (χ0v) is 12.0. The van der Waals surface area contributed by atoms with E-state index in [2.05, 4.69) is 4.72 Å². The minimum absolute atomic E-state index is 0.212. The molecule has 0 aliphatic heterocycles. The molecule has 0 saturated heterocycles. The summed E-state index contributed by atoms with van der Waals surface area (Å²) < 4.78 is 27.3. The lowest BCUT2D eigenvalue weighted by molar-refractivity contribution is 0.601. The fraction of sp³-hybridized carbons (Fsp3) is 0. The van der Waals surface area contributed by atoms with Gasteiger partial charge in [-0.05, 0) is 35.7 Å². The van der Waals surface area contributed by atoms with E-state index in [0.717, 1.165) is 10.8 Å². The highest BCUT2D eigenvalue weighted by molar-refractivity contribution is 7.92. The maximum atomic E-state index is 12.4. The Morgan fingerprint density at radius 2 is 1.62 bits per heavy atom. The third-order valence-corrected chi connectivity index (χ3v) is 4.60. The molecule has 0 spiro atoms. The average molecular weight is 298 g/mol. The number of hydrogen-bond donors (Lipinski definition) is 2. The van der Waals surface area contributed by atoms with E-state index in [0.29, 0.717) is 11.4 Å². The molecule has 21 heavy (non-hydrogen) atoms. The van der Waals surface area contributed by atoms with E-state index >= 15 is 0 Å². The van der Waals surface area contributed by atoms with Gasteiger partial charge in [0.2, 0.25) is 0 Å². The van der Waals surface area contributed by atoms with Gasteiger partial charge in [-0.1, -0.05) is 36.4 Å². The van der Waals surface area contributed by atoms with Crippen LogP contribution in [0.2, 0.25) is 0 Å². The molecule has 0 radical (unpaired) electrons. The number of rotatable bonds is 3. The highest BCUT2D eigenvalue weighted by Gasteiger charge is 2.14. The third-order valence-electron chi connectivity index (χ3n) is 3.22. The van der Waals surface area contributed by atoms with Crippen LogP contribution in [0.5, 0.6) is 0 Å². The normalized spacial score (nSPS) is 11.4. The van der Waals surface area contributed by atoms with Gasteiger partial charge < -0.3 is 5.73 Å². The minimum atomic E-state index is -3.61. The topological polar surface area (TPSA) is 72.2 Å². The van der Waals surface area contributed by atoms with Gasteiger partial charge in [0, 0.05) is 16.8 Å². The highest BCUT2D eigenvalue weighted by atomic mass is 32.2. The van der Waals surface area contributed by atoms with Crippen molar-refractivity contribution in [2.45, 2.75) is 4.90 Å². The molecule has 0 aliphatic carbocycles. The van der Waals surface area contributed by atoms with Gasteiger partial charge in [0.25, 0.3) is 10.0 Å². The average Bonchev–Trinajstić information content (AvgIpc) is 2.48. The van der Waals surface area contributed by atoms with Crippen LogP contribution >= 0.6 is 0 Å². The van der Waals surface area contributed by atoms with Crippen molar-refractivity contribution < 1.29 is 8.42 Å². The zero-order chi connectivity index (χ0) is 14.9. The summed E-state index contributed by atoms with van der Waals surface area (Å²) in [6, 6.07) is 19.1. The Labute approximate surface area is 123 Å². The molecule has 0 amide bonds. The van der Waals surface area contributed by atoms with Crippen LogP contribution in [0.15, 0.2) is 71.6 Å². The second-order valence-corrected chi connectivity index (χ2v) is 6.38. The number of para-hydroxylation sites is 1. The van der Waals surface area contributed by atoms with Gasteiger partial charge in [-0.2, -0.15) is 0 Å². The van der Waals surface area contributed by atoms with Crippen LogP contribution in [0.25, 0.3) is 10.8 Å². The van der Waals surface area contributed by atoms with Crippen LogP contribution < -0.4 is 10.5 Å². The number of anilines is 2. The number of sulfonamides is 1. The van der Waals surface area contributed by atoms with Crippen LogP contribution in [0.3, 0.4) is 0 Å². The quantitative estimate of drug-likeness (QED) is 0.729. The molecule has 0 bridgehead atoms. The number of nitrogen functional groups attached to an aromatic ring is 1. The summed E-state index contributed by atoms with van der Waals surface area (Å²) in [6.45, 7) is 0. The molecular formula is C16H14N2O2S. The first-order valence-electron chi connectivity index (χ1n) is 6.42.